The van der Waals surface area contributed by atoms with E-state index >= 15 is 0 Å². The Kier molecular flexibility index (Phi) is 24.2. The van der Waals surface area contributed by atoms with Gasteiger partial charge in [0.15, 0.2) is 0 Å². The minimum absolute atomic E-state index is 0. The Morgan fingerprint density at radius 2 is 1.39 bits per heavy atom. The molecule has 0 aliphatic heterocycles. The number of ether oxygens (including phenoxy) is 2. The van der Waals surface area contributed by atoms with Crippen LogP contribution in [-0.4, -0.2) is 32.8 Å². The third kappa shape index (κ3) is 14.4. The van der Waals surface area contributed by atoms with E-state index in [-0.39, 0.29) is 76.3 Å². The van der Waals surface area contributed by atoms with Gasteiger partial charge in [-0.3, -0.25) is 4.31 Å². The van der Waals surface area contributed by atoms with Crippen LogP contribution in [0.2, 0.25) is 0 Å². The SMILES string of the molecule is CC.CSN(COCCCCOC[CH-]c1ccccc1)c1ccccc1.[CH3-].[Cs+]. The summed E-state index contributed by atoms with van der Waals surface area (Å²) in [5.41, 5.74) is 2.38. The first-order valence-corrected chi connectivity index (χ1v) is 10.5. The fourth-order valence-electron chi connectivity index (χ4n) is 2.21. The summed E-state index contributed by atoms with van der Waals surface area (Å²) in [7, 11) is 0. The van der Waals surface area contributed by atoms with Crippen LogP contribution in [0.25, 0.3) is 0 Å². The van der Waals surface area contributed by atoms with Gasteiger partial charge < -0.3 is 16.9 Å². The number of nitrogens with zero attached hydrogens (tertiary/aromatic N) is 1. The zero-order valence-electron chi connectivity index (χ0n) is 18.3. The maximum Gasteiger partial charge on any atom is 1.00 e. The predicted molar refractivity (Wildman–Crippen MR) is 121 cm³/mol. The van der Waals surface area contributed by atoms with E-state index in [1.54, 1.807) is 11.9 Å². The number of unbranched alkanes of at least 4 members (excludes halogenated alkanes) is 1. The molecule has 0 aliphatic rings. The van der Waals surface area contributed by atoms with E-state index in [1.807, 2.05) is 50.2 Å². The molecule has 0 saturated heterocycles. The van der Waals surface area contributed by atoms with Gasteiger partial charge >= 0.3 is 68.9 Å². The van der Waals surface area contributed by atoms with Crippen molar-refractivity contribution in [2.24, 2.45) is 0 Å². The number of anilines is 1. The molecule has 0 atom stereocenters. The average Bonchev–Trinajstić information content (AvgIpc) is 2.72. The van der Waals surface area contributed by atoms with Crippen molar-refractivity contribution in [2.75, 3.05) is 37.1 Å². The Hall–Kier alpha value is 0.432. The zero-order chi connectivity index (χ0) is 18.9. The van der Waals surface area contributed by atoms with E-state index in [4.69, 9.17) is 9.47 Å². The Morgan fingerprint density at radius 1 is 0.857 bits per heavy atom. The first kappa shape index (κ1) is 30.6. The fourth-order valence-corrected chi connectivity index (χ4v) is 2.72. The molecule has 0 heterocycles. The minimum Gasteiger partial charge on any atom is -0.390 e. The summed E-state index contributed by atoms with van der Waals surface area (Å²) < 4.78 is 13.5. The van der Waals surface area contributed by atoms with Gasteiger partial charge in [-0.15, -0.1) is 12.1 Å². The summed E-state index contributed by atoms with van der Waals surface area (Å²) in [4.78, 5) is 0. The number of rotatable bonds is 12. The number of benzene rings is 2. The molecule has 0 amide bonds. The predicted octanol–water partition coefficient (Wildman–Crippen LogP) is 3.27. The van der Waals surface area contributed by atoms with Crippen molar-refractivity contribution in [3.05, 3.63) is 80.1 Å². The summed E-state index contributed by atoms with van der Waals surface area (Å²) in [5.74, 6) is 0. The standard InChI is InChI=1S/C20H26NO2S.C2H6.CH3.Cs/c1-24-21(20-12-6-3-7-13-20)18-23-16-9-8-15-22-17-14-19-10-4-2-5-11-19;1-2;;/h2-7,10-14H,8-9,15-18H2,1H3;1-2H3;1H3;/q-1;;-1;+1. The van der Waals surface area contributed by atoms with Crippen molar-refractivity contribution in [2.45, 2.75) is 26.7 Å². The molecule has 0 saturated carbocycles. The molecule has 3 nitrogen and oxygen atoms in total. The van der Waals surface area contributed by atoms with Gasteiger partial charge in [-0.05, 0) is 25.0 Å². The monoisotopic (exact) mass is 522 g/mol. The van der Waals surface area contributed by atoms with E-state index in [0.717, 1.165) is 26.1 Å². The number of hydrogen-bond donors (Lipinski definition) is 0. The van der Waals surface area contributed by atoms with Crippen LogP contribution in [0.5, 0.6) is 0 Å². The molecule has 0 unspecified atom stereocenters. The second kappa shape index (κ2) is 22.1. The smallest absolute Gasteiger partial charge is 0.390 e. The molecule has 0 aliphatic carbocycles. The average molecular weight is 523 g/mol. The van der Waals surface area contributed by atoms with Gasteiger partial charge in [-0.1, -0.05) is 50.1 Å². The van der Waals surface area contributed by atoms with Crippen LogP contribution in [0.15, 0.2) is 60.7 Å². The quantitative estimate of drug-likeness (QED) is 0.185. The maximum atomic E-state index is 5.76. The first-order chi connectivity index (χ1) is 12.9. The van der Waals surface area contributed by atoms with Gasteiger partial charge in [0.05, 0.1) is 0 Å². The third-order valence-electron chi connectivity index (χ3n) is 3.54. The molecule has 28 heavy (non-hydrogen) atoms. The van der Waals surface area contributed by atoms with Crippen LogP contribution in [0, 0.1) is 13.8 Å². The van der Waals surface area contributed by atoms with Crippen molar-refractivity contribution < 1.29 is 78.4 Å². The van der Waals surface area contributed by atoms with Crippen molar-refractivity contribution >= 4 is 17.6 Å². The van der Waals surface area contributed by atoms with Crippen LogP contribution in [-0.2, 0) is 9.47 Å². The molecule has 2 aromatic carbocycles. The van der Waals surface area contributed by atoms with Crippen LogP contribution in [0.1, 0.15) is 32.3 Å². The molecule has 0 fully saturated rings. The normalized spacial score (nSPS) is 9.25. The Labute approximate surface area is 236 Å². The van der Waals surface area contributed by atoms with Gasteiger partial charge in [-0.25, -0.2) is 0 Å². The minimum atomic E-state index is 0. The van der Waals surface area contributed by atoms with Crippen molar-refractivity contribution in [1.29, 1.82) is 0 Å². The molecule has 152 valence electrons. The van der Waals surface area contributed by atoms with Crippen LogP contribution in [0.3, 0.4) is 0 Å². The molecular weight excluding hydrogens is 487 g/mol. The second-order valence-electron chi connectivity index (χ2n) is 5.33. The largest absolute Gasteiger partial charge is 1.00 e. The van der Waals surface area contributed by atoms with E-state index in [0.29, 0.717) is 13.3 Å². The van der Waals surface area contributed by atoms with Crippen LogP contribution >= 0.6 is 11.9 Å². The van der Waals surface area contributed by atoms with Crippen LogP contribution < -0.4 is 73.2 Å². The molecule has 0 N–H and O–H groups in total. The Balaban J connectivity index is 0. The molecule has 5 heteroatoms. The van der Waals surface area contributed by atoms with Crippen molar-refractivity contribution in [3.63, 3.8) is 0 Å². The Morgan fingerprint density at radius 3 is 1.96 bits per heavy atom. The van der Waals surface area contributed by atoms with Crippen molar-refractivity contribution in [3.8, 4) is 0 Å². The van der Waals surface area contributed by atoms with E-state index < -0.39 is 0 Å². The molecule has 0 radical (unpaired) electrons. The van der Waals surface area contributed by atoms with Gasteiger partial charge in [0.2, 0.25) is 0 Å². The number of para-hydroxylation sites is 1. The van der Waals surface area contributed by atoms with Gasteiger partial charge in [0.25, 0.3) is 0 Å². The van der Waals surface area contributed by atoms with Gasteiger partial charge in [0, 0.05) is 31.8 Å². The second-order valence-corrected chi connectivity index (χ2v) is 6.14. The van der Waals surface area contributed by atoms with Gasteiger partial charge in [-0.2, -0.15) is 24.1 Å². The molecular formula is C23H35CsNO2S-. The van der Waals surface area contributed by atoms with Crippen LogP contribution in [0.4, 0.5) is 5.69 Å². The zero-order valence-corrected chi connectivity index (χ0v) is 25.4. The third-order valence-corrected chi connectivity index (χ3v) is 4.29. The van der Waals surface area contributed by atoms with Gasteiger partial charge in [0.1, 0.15) is 6.73 Å². The molecule has 0 aromatic heterocycles. The molecule has 0 spiro atoms. The maximum absolute atomic E-state index is 5.76. The fraction of sp³-hybridized carbons (Fsp3) is 0.391. The summed E-state index contributed by atoms with van der Waals surface area (Å²) in [6.45, 7) is 6.81. The summed E-state index contributed by atoms with van der Waals surface area (Å²) >= 11 is 1.68. The molecule has 2 rings (SSSR count). The van der Waals surface area contributed by atoms with E-state index in [9.17, 15) is 0 Å². The molecule has 0 bridgehead atoms. The summed E-state index contributed by atoms with van der Waals surface area (Å²) in [6.07, 6.45) is 6.20. The summed E-state index contributed by atoms with van der Waals surface area (Å²) in [6, 6.07) is 20.6. The summed E-state index contributed by atoms with van der Waals surface area (Å²) in [5, 5.41) is 0. The van der Waals surface area contributed by atoms with Crippen molar-refractivity contribution in [1.82, 2.24) is 0 Å². The Bertz CT molecular complexity index is 543. The first-order valence-electron chi connectivity index (χ1n) is 9.30. The van der Waals surface area contributed by atoms with E-state index in [1.165, 1.54) is 11.3 Å². The topological polar surface area (TPSA) is 21.7 Å². The number of hydrogen-bond acceptors (Lipinski definition) is 4. The molecule has 2 aromatic rings. The van der Waals surface area contributed by atoms with E-state index in [2.05, 4.69) is 41.2 Å².